The average molecular weight is 392 g/mol. The number of amides is 1. The minimum absolute atomic E-state index is 0.0894. The number of carbonyl (C=O) groups is 1. The van der Waals surface area contributed by atoms with Gasteiger partial charge in [0.25, 0.3) is 0 Å². The average Bonchev–Trinajstić information content (AvgIpc) is 2.92. The van der Waals surface area contributed by atoms with Crippen LogP contribution >= 0.6 is 15.9 Å². The molecule has 0 spiro atoms. The summed E-state index contributed by atoms with van der Waals surface area (Å²) < 4.78 is 15.0. The Hall–Kier alpha value is -1.76. The summed E-state index contributed by atoms with van der Waals surface area (Å²) in [5.74, 6) is -0.936. The molecule has 126 valence electrons. The number of benzene rings is 2. The fraction of sp³-hybridized carbons (Fsp3) is 0.278. The van der Waals surface area contributed by atoms with Crippen LogP contribution in [0.3, 0.4) is 0 Å². The Morgan fingerprint density at radius 2 is 1.92 bits per heavy atom. The molecular formula is C18H19BrFN3O. The molecule has 4 N–H and O–H groups in total. The van der Waals surface area contributed by atoms with E-state index in [2.05, 4.69) is 15.9 Å². The Kier molecular flexibility index (Phi) is 4.99. The molecule has 24 heavy (non-hydrogen) atoms. The second-order valence-corrected chi connectivity index (χ2v) is 7.02. The molecule has 1 unspecified atom stereocenters. The lowest BCUT2D eigenvalue weighted by atomic mass is 9.95. The van der Waals surface area contributed by atoms with Crippen molar-refractivity contribution < 1.29 is 9.18 Å². The summed E-state index contributed by atoms with van der Waals surface area (Å²) >= 11 is 3.23. The second kappa shape index (κ2) is 7.01. The molecule has 2 aromatic rings. The second-order valence-electron chi connectivity index (χ2n) is 6.11. The first-order chi connectivity index (χ1) is 11.5. The number of nitrogens with zero attached hydrogens (tertiary/aromatic N) is 1. The van der Waals surface area contributed by atoms with E-state index >= 15 is 0 Å². The molecule has 0 aromatic heterocycles. The van der Waals surface area contributed by atoms with Crippen LogP contribution in [-0.2, 0) is 4.79 Å². The summed E-state index contributed by atoms with van der Waals surface area (Å²) in [5, 5.41) is 0. The fourth-order valence-corrected chi connectivity index (χ4v) is 3.71. The predicted molar refractivity (Wildman–Crippen MR) is 94.8 cm³/mol. The number of rotatable bonds is 4. The van der Waals surface area contributed by atoms with Crippen molar-refractivity contribution in [1.29, 1.82) is 0 Å². The number of primary amides is 1. The molecule has 0 saturated carbocycles. The van der Waals surface area contributed by atoms with E-state index in [9.17, 15) is 9.18 Å². The number of hydrogen-bond donors (Lipinski definition) is 2. The van der Waals surface area contributed by atoms with E-state index in [-0.39, 0.29) is 17.5 Å². The van der Waals surface area contributed by atoms with E-state index in [1.807, 2.05) is 35.2 Å². The highest BCUT2D eigenvalue weighted by atomic mass is 79.9. The normalized spacial score (nSPS) is 22.5. The molecule has 3 rings (SSSR count). The van der Waals surface area contributed by atoms with Crippen LogP contribution in [0.1, 0.15) is 23.1 Å². The van der Waals surface area contributed by atoms with Gasteiger partial charge >= 0.3 is 0 Å². The highest BCUT2D eigenvalue weighted by molar-refractivity contribution is 9.10. The van der Waals surface area contributed by atoms with Crippen LogP contribution < -0.4 is 11.5 Å². The van der Waals surface area contributed by atoms with Crippen molar-refractivity contribution in [2.45, 2.75) is 18.0 Å². The van der Waals surface area contributed by atoms with Crippen LogP contribution in [0, 0.1) is 5.82 Å². The molecule has 4 nitrogen and oxygen atoms in total. The van der Waals surface area contributed by atoms with Crippen molar-refractivity contribution in [2.75, 3.05) is 13.1 Å². The molecule has 2 aromatic carbocycles. The highest BCUT2D eigenvalue weighted by Crippen LogP contribution is 2.34. The maximum Gasteiger partial charge on any atom is 0.239 e. The summed E-state index contributed by atoms with van der Waals surface area (Å²) in [6.07, 6.45) is 0. The van der Waals surface area contributed by atoms with Gasteiger partial charge in [0.2, 0.25) is 5.91 Å². The van der Waals surface area contributed by atoms with E-state index < -0.39 is 17.8 Å². The van der Waals surface area contributed by atoms with Gasteiger partial charge in [0, 0.05) is 35.1 Å². The van der Waals surface area contributed by atoms with Gasteiger partial charge in [-0.15, -0.1) is 0 Å². The molecule has 6 heteroatoms. The van der Waals surface area contributed by atoms with Gasteiger partial charge < -0.3 is 11.5 Å². The van der Waals surface area contributed by atoms with Crippen LogP contribution in [0.15, 0.2) is 53.0 Å². The molecule has 0 aliphatic carbocycles. The van der Waals surface area contributed by atoms with Crippen molar-refractivity contribution in [3.05, 3.63) is 69.9 Å². The van der Waals surface area contributed by atoms with Gasteiger partial charge in [0.05, 0.1) is 0 Å². The topological polar surface area (TPSA) is 72.4 Å². The van der Waals surface area contributed by atoms with Gasteiger partial charge in [0.1, 0.15) is 11.9 Å². The first-order valence-electron chi connectivity index (χ1n) is 7.76. The van der Waals surface area contributed by atoms with Gasteiger partial charge in [-0.25, -0.2) is 4.39 Å². The maximum absolute atomic E-state index is 14.3. The third-order valence-corrected chi connectivity index (χ3v) is 5.01. The molecule has 3 atom stereocenters. The number of nitrogens with two attached hydrogens (primary N) is 2. The lowest BCUT2D eigenvalue weighted by molar-refractivity contribution is -0.123. The molecule has 1 aliphatic heterocycles. The number of halogens is 2. The lowest BCUT2D eigenvalue weighted by Gasteiger charge is -2.26. The Morgan fingerprint density at radius 3 is 2.54 bits per heavy atom. The standard InChI is InChI=1S/C18H19BrFN3O/c19-12-6-7-13(15(20)8-12)17(18(22)24)23-9-14(16(21)10-23)11-4-2-1-3-5-11/h1-8,14,16-17H,9-10,21H2,(H2,22,24)/t14-,16+,17?/m0/s1. The van der Waals surface area contributed by atoms with Gasteiger partial charge in [-0.1, -0.05) is 52.3 Å². The molecule has 1 amide bonds. The molecule has 1 saturated heterocycles. The molecule has 1 heterocycles. The lowest BCUT2D eigenvalue weighted by Crippen LogP contribution is -2.38. The monoisotopic (exact) mass is 391 g/mol. The van der Waals surface area contributed by atoms with Crippen LogP contribution in [-0.4, -0.2) is 29.9 Å². The minimum atomic E-state index is -0.821. The number of carbonyl (C=O) groups excluding carboxylic acids is 1. The minimum Gasteiger partial charge on any atom is -0.368 e. The van der Waals surface area contributed by atoms with Crippen molar-refractivity contribution >= 4 is 21.8 Å². The van der Waals surface area contributed by atoms with Crippen molar-refractivity contribution in [3.63, 3.8) is 0 Å². The first-order valence-corrected chi connectivity index (χ1v) is 8.55. The summed E-state index contributed by atoms with van der Waals surface area (Å²) in [5.41, 5.74) is 13.3. The summed E-state index contributed by atoms with van der Waals surface area (Å²) in [7, 11) is 0. The van der Waals surface area contributed by atoms with Gasteiger partial charge in [-0.05, 0) is 17.7 Å². The maximum atomic E-state index is 14.3. The van der Waals surface area contributed by atoms with Crippen molar-refractivity contribution in [1.82, 2.24) is 4.90 Å². The van der Waals surface area contributed by atoms with E-state index in [0.717, 1.165) is 5.56 Å². The Bertz CT molecular complexity index is 740. The van der Waals surface area contributed by atoms with Crippen LogP contribution in [0.2, 0.25) is 0 Å². The quantitative estimate of drug-likeness (QED) is 0.840. The molecule has 0 radical (unpaired) electrons. The zero-order valence-electron chi connectivity index (χ0n) is 13.0. The van der Waals surface area contributed by atoms with Crippen LogP contribution in [0.25, 0.3) is 0 Å². The highest BCUT2D eigenvalue weighted by Gasteiger charge is 2.38. The zero-order valence-corrected chi connectivity index (χ0v) is 14.6. The smallest absolute Gasteiger partial charge is 0.239 e. The van der Waals surface area contributed by atoms with Crippen LogP contribution in [0.5, 0.6) is 0 Å². The molecule has 0 bridgehead atoms. The summed E-state index contributed by atoms with van der Waals surface area (Å²) in [6.45, 7) is 1.05. The van der Waals surface area contributed by atoms with E-state index in [1.165, 1.54) is 6.07 Å². The third-order valence-electron chi connectivity index (χ3n) is 4.51. The number of hydrogen-bond acceptors (Lipinski definition) is 3. The Balaban J connectivity index is 1.89. The Morgan fingerprint density at radius 1 is 1.21 bits per heavy atom. The fourth-order valence-electron chi connectivity index (χ4n) is 3.38. The summed E-state index contributed by atoms with van der Waals surface area (Å²) in [4.78, 5) is 13.9. The van der Waals surface area contributed by atoms with Crippen LogP contribution in [0.4, 0.5) is 4.39 Å². The molecule has 1 fully saturated rings. The molecular weight excluding hydrogens is 373 g/mol. The number of likely N-dealkylation sites (tertiary alicyclic amines) is 1. The Labute approximate surface area is 148 Å². The van der Waals surface area contributed by atoms with Gasteiger partial charge in [-0.2, -0.15) is 0 Å². The van der Waals surface area contributed by atoms with E-state index in [4.69, 9.17) is 11.5 Å². The van der Waals surface area contributed by atoms with E-state index in [0.29, 0.717) is 17.6 Å². The first kappa shape index (κ1) is 17.1. The molecule has 1 aliphatic rings. The zero-order chi connectivity index (χ0) is 17.3. The van der Waals surface area contributed by atoms with Crippen molar-refractivity contribution in [2.24, 2.45) is 11.5 Å². The third kappa shape index (κ3) is 3.36. The van der Waals surface area contributed by atoms with Gasteiger partial charge in [0.15, 0.2) is 0 Å². The van der Waals surface area contributed by atoms with E-state index in [1.54, 1.807) is 12.1 Å². The summed E-state index contributed by atoms with van der Waals surface area (Å²) in [6, 6.07) is 13.6. The predicted octanol–water partition coefficient (Wildman–Crippen LogP) is 2.54. The van der Waals surface area contributed by atoms with Gasteiger partial charge in [-0.3, -0.25) is 9.69 Å². The largest absolute Gasteiger partial charge is 0.368 e. The van der Waals surface area contributed by atoms with Crippen molar-refractivity contribution in [3.8, 4) is 0 Å². The SMILES string of the molecule is NC(=O)C(c1ccc(Br)cc1F)N1C[C@@H](N)[C@H](c2ccccc2)C1.